The molecule has 1 heterocycles. The molecular formula is C16H23N3O. The summed E-state index contributed by atoms with van der Waals surface area (Å²) in [4.78, 5) is 4.48. The third-order valence-electron chi connectivity index (χ3n) is 4.48. The molecule has 0 aliphatic heterocycles. The summed E-state index contributed by atoms with van der Waals surface area (Å²) in [7, 11) is 1.67. The Morgan fingerprint density at radius 3 is 3.00 bits per heavy atom. The van der Waals surface area contributed by atoms with Gasteiger partial charge < -0.3 is 15.0 Å². The van der Waals surface area contributed by atoms with Crippen molar-refractivity contribution < 1.29 is 4.74 Å². The fourth-order valence-electron chi connectivity index (χ4n) is 3.48. The molecule has 2 atom stereocenters. The number of ether oxygens (including phenoxy) is 1. The van der Waals surface area contributed by atoms with Crippen LogP contribution in [0.25, 0.3) is 11.0 Å². The molecule has 2 N–H and O–H groups in total. The van der Waals surface area contributed by atoms with E-state index in [0.29, 0.717) is 11.9 Å². The topological polar surface area (TPSA) is 53.1 Å². The van der Waals surface area contributed by atoms with Crippen molar-refractivity contribution in [3.63, 3.8) is 0 Å². The Labute approximate surface area is 119 Å². The monoisotopic (exact) mass is 273 g/mol. The summed E-state index contributed by atoms with van der Waals surface area (Å²) in [5.41, 5.74) is 8.08. The minimum absolute atomic E-state index is 0.600. The van der Waals surface area contributed by atoms with E-state index >= 15 is 0 Å². The molecule has 0 radical (unpaired) electrons. The molecule has 3 rings (SSSR count). The predicted octanol–water partition coefficient (Wildman–Crippen LogP) is 3.45. The largest absolute Gasteiger partial charge is 0.494 e. The van der Waals surface area contributed by atoms with Crippen molar-refractivity contribution in [2.45, 2.75) is 39.2 Å². The quantitative estimate of drug-likeness (QED) is 0.931. The van der Waals surface area contributed by atoms with Crippen LogP contribution in [0.15, 0.2) is 18.2 Å². The molecule has 2 aromatic rings. The van der Waals surface area contributed by atoms with Gasteiger partial charge in [0, 0.05) is 6.54 Å². The lowest BCUT2D eigenvalue weighted by Crippen LogP contribution is -2.19. The van der Waals surface area contributed by atoms with Gasteiger partial charge in [-0.15, -0.1) is 0 Å². The average Bonchev–Trinajstić information content (AvgIpc) is 2.75. The lowest BCUT2D eigenvalue weighted by Gasteiger charge is -2.27. The summed E-state index contributed by atoms with van der Waals surface area (Å²) in [5, 5.41) is 0. The van der Waals surface area contributed by atoms with Gasteiger partial charge in [-0.05, 0) is 36.8 Å². The second-order valence-corrected chi connectivity index (χ2v) is 6.05. The van der Waals surface area contributed by atoms with Crippen molar-refractivity contribution in [2.75, 3.05) is 12.8 Å². The number of nitrogens with two attached hydrogens (primary N) is 1. The number of nitrogen functional groups attached to an aromatic ring is 1. The van der Waals surface area contributed by atoms with E-state index in [2.05, 4.69) is 22.5 Å². The van der Waals surface area contributed by atoms with Crippen LogP contribution in [0.5, 0.6) is 5.75 Å². The number of rotatable bonds is 3. The van der Waals surface area contributed by atoms with Gasteiger partial charge in [-0.1, -0.05) is 25.8 Å². The third-order valence-corrected chi connectivity index (χ3v) is 4.48. The zero-order valence-corrected chi connectivity index (χ0v) is 12.3. The summed E-state index contributed by atoms with van der Waals surface area (Å²) < 4.78 is 7.52. The van der Waals surface area contributed by atoms with Gasteiger partial charge in [-0.3, -0.25) is 0 Å². The first-order valence-corrected chi connectivity index (χ1v) is 7.47. The number of hydrogen-bond acceptors (Lipinski definition) is 3. The number of anilines is 1. The molecule has 2 unspecified atom stereocenters. The van der Waals surface area contributed by atoms with Crippen LogP contribution in [0.1, 0.15) is 32.6 Å². The summed E-state index contributed by atoms with van der Waals surface area (Å²) in [6.45, 7) is 3.32. The van der Waals surface area contributed by atoms with E-state index in [9.17, 15) is 0 Å². The van der Waals surface area contributed by atoms with Gasteiger partial charge in [0.25, 0.3) is 0 Å². The molecule has 1 aliphatic rings. The smallest absolute Gasteiger partial charge is 0.201 e. The number of nitrogens with zero attached hydrogens (tertiary/aromatic N) is 2. The van der Waals surface area contributed by atoms with Crippen molar-refractivity contribution in [1.82, 2.24) is 9.55 Å². The van der Waals surface area contributed by atoms with Gasteiger partial charge in [-0.2, -0.15) is 0 Å². The number of hydrogen-bond donors (Lipinski definition) is 1. The highest BCUT2D eigenvalue weighted by Crippen LogP contribution is 2.33. The van der Waals surface area contributed by atoms with Crippen LogP contribution in [-0.2, 0) is 6.54 Å². The number of imidazole rings is 1. The maximum Gasteiger partial charge on any atom is 0.201 e. The molecule has 1 aromatic carbocycles. The molecule has 20 heavy (non-hydrogen) atoms. The van der Waals surface area contributed by atoms with E-state index < -0.39 is 0 Å². The van der Waals surface area contributed by atoms with Crippen LogP contribution in [0.4, 0.5) is 5.95 Å². The molecule has 1 aliphatic carbocycles. The van der Waals surface area contributed by atoms with Crippen molar-refractivity contribution in [2.24, 2.45) is 11.8 Å². The Morgan fingerprint density at radius 1 is 1.40 bits per heavy atom. The van der Waals surface area contributed by atoms with Gasteiger partial charge in [-0.25, -0.2) is 4.98 Å². The molecule has 4 heteroatoms. The molecule has 0 amide bonds. The second kappa shape index (κ2) is 5.35. The Morgan fingerprint density at radius 2 is 2.25 bits per heavy atom. The number of para-hydroxylation sites is 1. The Bertz CT molecular complexity index is 605. The molecule has 0 saturated heterocycles. The van der Waals surface area contributed by atoms with Crippen molar-refractivity contribution in [3.8, 4) is 5.75 Å². The van der Waals surface area contributed by atoms with E-state index in [1.54, 1.807) is 7.11 Å². The van der Waals surface area contributed by atoms with Crippen LogP contribution in [0, 0.1) is 11.8 Å². The molecule has 4 nitrogen and oxygen atoms in total. The maximum atomic E-state index is 6.13. The Hall–Kier alpha value is -1.71. The molecule has 108 valence electrons. The minimum Gasteiger partial charge on any atom is -0.494 e. The Kier molecular flexibility index (Phi) is 3.55. The number of benzene rings is 1. The first kappa shape index (κ1) is 13.3. The summed E-state index contributed by atoms with van der Waals surface area (Å²) in [6.07, 6.45) is 5.29. The number of fused-ring (bicyclic) bond motifs is 1. The number of aromatic nitrogens is 2. The summed E-state index contributed by atoms with van der Waals surface area (Å²) in [6, 6.07) is 6.01. The molecule has 0 spiro atoms. The average molecular weight is 273 g/mol. The van der Waals surface area contributed by atoms with E-state index in [-0.39, 0.29) is 0 Å². The van der Waals surface area contributed by atoms with Gasteiger partial charge in [0.1, 0.15) is 11.3 Å². The summed E-state index contributed by atoms with van der Waals surface area (Å²) in [5.74, 6) is 2.94. The highest BCUT2D eigenvalue weighted by atomic mass is 16.5. The van der Waals surface area contributed by atoms with Crippen LogP contribution in [0.2, 0.25) is 0 Å². The van der Waals surface area contributed by atoms with Gasteiger partial charge >= 0.3 is 0 Å². The highest BCUT2D eigenvalue weighted by Gasteiger charge is 2.21. The fraction of sp³-hybridized carbons (Fsp3) is 0.562. The van der Waals surface area contributed by atoms with E-state index in [0.717, 1.165) is 29.2 Å². The first-order valence-electron chi connectivity index (χ1n) is 7.47. The zero-order chi connectivity index (χ0) is 14.1. The third kappa shape index (κ3) is 2.35. The van der Waals surface area contributed by atoms with Gasteiger partial charge in [0.15, 0.2) is 0 Å². The molecule has 1 fully saturated rings. The van der Waals surface area contributed by atoms with E-state index in [1.165, 1.54) is 25.7 Å². The highest BCUT2D eigenvalue weighted by molar-refractivity contribution is 5.84. The molecule has 1 aromatic heterocycles. The number of methoxy groups -OCH3 is 1. The standard InChI is InChI=1S/C16H23N3O/c1-11-5-3-6-12(9-11)10-19-13-7-4-8-14(20-2)15(13)18-16(19)17/h4,7-8,11-12H,3,5-6,9-10H2,1-2H3,(H2,17,18). The van der Waals surface area contributed by atoms with Gasteiger partial charge in [0.05, 0.1) is 12.6 Å². The fourth-order valence-corrected chi connectivity index (χ4v) is 3.48. The lowest BCUT2D eigenvalue weighted by molar-refractivity contribution is 0.259. The van der Waals surface area contributed by atoms with Gasteiger partial charge in [0.2, 0.25) is 5.95 Å². The summed E-state index contributed by atoms with van der Waals surface area (Å²) >= 11 is 0. The van der Waals surface area contributed by atoms with Crippen LogP contribution < -0.4 is 10.5 Å². The first-order chi connectivity index (χ1) is 9.69. The van der Waals surface area contributed by atoms with Crippen molar-refractivity contribution in [1.29, 1.82) is 0 Å². The molecular weight excluding hydrogens is 250 g/mol. The van der Waals surface area contributed by atoms with E-state index in [1.807, 2.05) is 12.1 Å². The van der Waals surface area contributed by atoms with Crippen LogP contribution in [-0.4, -0.2) is 16.7 Å². The second-order valence-electron chi connectivity index (χ2n) is 6.05. The van der Waals surface area contributed by atoms with Crippen LogP contribution in [0.3, 0.4) is 0 Å². The van der Waals surface area contributed by atoms with Crippen molar-refractivity contribution in [3.05, 3.63) is 18.2 Å². The maximum absolute atomic E-state index is 6.13. The van der Waals surface area contributed by atoms with E-state index in [4.69, 9.17) is 10.5 Å². The zero-order valence-electron chi connectivity index (χ0n) is 12.3. The Balaban J connectivity index is 1.93. The molecule has 1 saturated carbocycles. The van der Waals surface area contributed by atoms with Crippen molar-refractivity contribution >= 4 is 17.0 Å². The molecule has 0 bridgehead atoms. The SMILES string of the molecule is COc1cccc2c1nc(N)n2CC1CCCC(C)C1. The lowest BCUT2D eigenvalue weighted by atomic mass is 9.82. The normalized spacial score (nSPS) is 23.1. The minimum atomic E-state index is 0.600. The predicted molar refractivity (Wildman–Crippen MR) is 81.8 cm³/mol. The van der Waals surface area contributed by atoms with Crippen LogP contribution >= 0.6 is 0 Å².